The third-order valence-electron chi connectivity index (χ3n) is 9.19. The number of aromatic carboxylic acids is 1. The number of methoxy groups -OCH3 is 1. The molecule has 0 fully saturated rings. The predicted octanol–water partition coefficient (Wildman–Crippen LogP) is 6.28. The molecule has 3 N–H and O–H groups in total. The smallest absolute Gasteiger partial charge is 0.347 e. The average Bonchev–Trinajstić information content (AvgIpc) is 3.02. The van der Waals surface area contributed by atoms with E-state index in [1.165, 1.54) is 46.1 Å². The quantitative estimate of drug-likeness (QED) is 0.178. The Hall–Kier alpha value is -5.91. The molecule has 12 heteroatoms. The molecule has 12 nitrogen and oxygen atoms in total. The standard InChI is InChI=1S/C38H38O12/c1-15-11-24(39)13-28(47-10)29(15)36(44)49-27-14-25(40)32(18(4)17(27)3)38(46)48-26-12-16(2)30(33(41)23(26)9)37(45)50-34-21(7)19(5)31(35(42)43)20(6)22(34)8/h11-14,29,40-41H,1-10H3,(H,42,43). The minimum atomic E-state index is -1.10. The molecule has 3 aromatic rings. The highest BCUT2D eigenvalue weighted by Crippen LogP contribution is 2.39. The van der Waals surface area contributed by atoms with Gasteiger partial charge in [-0.2, -0.15) is 0 Å². The molecule has 0 saturated heterocycles. The van der Waals surface area contributed by atoms with Crippen LogP contribution < -0.4 is 14.2 Å². The van der Waals surface area contributed by atoms with Crippen molar-refractivity contribution in [2.75, 3.05) is 7.11 Å². The molecular weight excluding hydrogens is 648 g/mol. The molecule has 0 amide bonds. The van der Waals surface area contributed by atoms with Gasteiger partial charge in [-0.05, 0) is 119 Å². The summed E-state index contributed by atoms with van der Waals surface area (Å²) in [4.78, 5) is 63.6. The molecule has 0 aliphatic heterocycles. The van der Waals surface area contributed by atoms with Gasteiger partial charge < -0.3 is 34.3 Å². The van der Waals surface area contributed by atoms with E-state index < -0.39 is 41.3 Å². The lowest BCUT2D eigenvalue weighted by molar-refractivity contribution is -0.137. The SMILES string of the molecule is COC1=CC(=O)C=C(C)C1C(=O)Oc1cc(O)c(C(=O)Oc2cc(C)c(C(=O)Oc3c(C)c(C)c(C(=O)O)c(C)c3C)c(O)c2C)c(C)c1C. The molecule has 1 aliphatic rings. The molecule has 0 aromatic heterocycles. The van der Waals surface area contributed by atoms with Gasteiger partial charge in [-0.1, -0.05) is 0 Å². The van der Waals surface area contributed by atoms with Gasteiger partial charge in [-0.3, -0.25) is 9.59 Å². The van der Waals surface area contributed by atoms with E-state index in [1.807, 2.05) is 0 Å². The minimum absolute atomic E-state index is 0.0253. The first-order valence-corrected chi connectivity index (χ1v) is 15.5. The van der Waals surface area contributed by atoms with E-state index >= 15 is 0 Å². The van der Waals surface area contributed by atoms with Crippen molar-refractivity contribution < 1.29 is 58.2 Å². The van der Waals surface area contributed by atoms with E-state index in [0.717, 1.165) is 6.07 Å². The van der Waals surface area contributed by atoms with Gasteiger partial charge >= 0.3 is 23.9 Å². The number of phenolic OH excluding ortho intramolecular Hbond substituents is 2. The zero-order chi connectivity index (χ0) is 37.5. The van der Waals surface area contributed by atoms with Gasteiger partial charge in [-0.15, -0.1) is 0 Å². The number of rotatable bonds is 8. The van der Waals surface area contributed by atoms with Gasteiger partial charge in [-0.25, -0.2) is 14.4 Å². The molecule has 1 atom stereocenters. The lowest BCUT2D eigenvalue weighted by Crippen LogP contribution is -2.27. The number of carboxylic acids is 1. The van der Waals surface area contributed by atoms with Crippen LogP contribution in [0.25, 0.3) is 0 Å². The molecule has 0 radical (unpaired) electrons. The second-order valence-electron chi connectivity index (χ2n) is 12.2. The third kappa shape index (κ3) is 6.56. The third-order valence-corrected chi connectivity index (χ3v) is 9.19. The Morgan fingerprint density at radius 2 is 1.18 bits per heavy atom. The van der Waals surface area contributed by atoms with Crippen LogP contribution in [0.15, 0.2) is 35.6 Å². The fourth-order valence-electron chi connectivity index (χ4n) is 5.95. The summed E-state index contributed by atoms with van der Waals surface area (Å²) in [5.41, 5.74) is 2.77. The first kappa shape index (κ1) is 36.9. The largest absolute Gasteiger partial charge is 0.507 e. The predicted molar refractivity (Wildman–Crippen MR) is 180 cm³/mol. The molecular formula is C38H38O12. The highest BCUT2D eigenvalue weighted by atomic mass is 16.5. The maximum absolute atomic E-state index is 13.4. The Morgan fingerprint density at radius 3 is 1.74 bits per heavy atom. The summed E-state index contributed by atoms with van der Waals surface area (Å²) in [6, 6.07) is 2.47. The number of carboxylic acid groups (broad SMARTS) is 1. The average molecular weight is 687 g/mol. The number of carbonyl (C=O) groups is 5. The number of esters is 3. The Balaban J connectivity index is 1.61. The minimum Gasteiger partial charge on any atom is -0.507 e. The van der Waals surface area contributed by atoms with Crippen molar-refractivity contribution in [3.8, 4) is 28.7 Å². The number of benzene rings is 3. The van der Waals surface area contributed by atoms with Gasteiger partial charge in [0.1, 0.15) is 51.6 Å². The summed E-state index contributed by atoms with van der Waals surface area (Å²) >= 11 is 0. The summed E-state index contributed by atoms with van der Waals surface area (Å²) in [6.45, 7) is 14.2. The van der Waals surface area contributed by atoms with Crippen LogP contribution in [-0.4, -0.2) is 52.1 Å². The van der Waals surface area contributed by atoms with Crippen LogP contribution in [0.4, 0.5) is 0 Å². The van der Waals surface area contributed by atoms with Crippen molar-refractivity contribution in [3.05, 3.63) is 96.8 Å². The number of ketones is 1. The van der Waals surface area contributed by atoms with Crippen LogP contribution >= 0.6 is 0 Å². The fraction of sp³-hybridized carbons (Fsp3) is 0.289. The Bertz CT molecular complexity index is 2050. The van der Waals surface area contributed by atoms with Gasteiger partial charge in [0.05, 0.1) is 12.7 Å². The highest BCUT2D eigenvalue weighted by Gasteiger charge is 2.33. The fourth-order valence-corrected chi connectivity index (χ4v) is 5.95. The van der Waals surface area contributed by atoms with Crippen molar-refractivity contribution in [3.63, 3.8) is 0 Å². The van der Waals surface area contributed by atoms with Gasteiger partial charge in [0.25, 0.3) is 0 Å². The van der Waals surface area contributed by atoms with E-state index in [2.05, 4.69) is 0 Å². The molecule has 0 heterocycles. The van der Waals surface area contributed by atoms with Gasteiger partial charge in [0.2, 0.25) is 0 Å². The lowest BCUT2D eigenvalue weighted by atomic mass is 9.92. The number of ether oxygens (including phenoxy) is 4. The second kappa shape index (κ2) is 13.9. The molecule has 3 aromatic carbocycles. The number of hydrogen-bond acceptors (Lipinski definition) is 11. The second-order valence-corrected chi connectivity index (χ2v) is 12.2. The topological polar surface area (TPSA) is 183 Å². The van der Waals surface area contributed by atoms with E-state index in [-0.39, 0.29) is 62.2 Å². The highest BCUT2D eigenvalue weighted by molar-refractivity contribution is 6.03. The normalized spacial score (nSPS) is 14.0. The molecule has 1 unspecified atom stereocenters. The number of carbonyl (C=O) groups excluding carboxylic acids is 4. The summed E-state index contributed by atoms with van der Waals surface area (Å²) in [5, 5.41) is 31.6. The number of hydrogen-bond donors (Lipinski definition) is 3. The zero-order valence-electron chi connectivity index (χ0n) is 29.4. The summed E-state index contributed by atoms with van der Waals surface area (Å²) in [7, 11) is 1.33. The van der Waals surface area contributed by atoms with Crippen LogP contribution in [0.5, 0.6) is 28.7 Å². The van der Waals surface area contributed by atoms with E-state index in [4.69, 9.17) is 18.9 Å². The first-order chi connectivity index (χ1) is 23.3. The zero-order valence-corrected chi connectivity index (χ0v) is 29.4. The molecule has 262 valence electrons. The first-order valence-electron chi connectivity index (χ1n) is 15.5. The number of allylic oxidation sites excluding steroid dienone is 2. The van der Waals surface area contributed by atoms with Crippen LogP contribution in [0, 0.1) is 61.3 Å². The van der Waals surface area contributed by atoms with Crippen molar-refractivity contribution in [2.45, 2.75) is 62.3 Å². The van der Waals surface area contributed by atoms with Crippen LogP contribution in [0.2, 0.25) is 0 Å². The molecule has 1 aliphatic carbocycles. The van der Waals surface area contributed by atoms with Crippen LogP contribution in [-0.2, 0) is 14.3 Å². The van der Waals surface area contributed by atoms with Crippen molar-refractivity contribution in [2.24, 2.45) is 5.92 Å². The maximum Gasteiger partial charge on any atom is 0.347 e. The van der Waals surface area contributed by atoms with Crippen LogP contribution in [0.1, 0.15) is 82.5 Å². The van der Waals surface area contributed by atoms with E-state index in [1.54, 1.807) is 41.5 Å². The Morgan fingerprint density at radius 1 is 0.640 bits per heavy atom. The molecule has 0 bridgehead atoms. The molecule has 0 saturated carbocycles. The Kier molecular flexibility index (Phi) is 10.3. The van der Waals surface area contributed by atoms with Crippen molar-refractivity contribution >= 4 is 29.7 Å². The lowest BCUT2D eigenvalue weighted by Gasteiger charge is -2.22. The van der Waals surface area contributed by atoms with E-state index in [9.17, 15) is 39.3 Å². The summed E-state index contributed by atoms with van der Waals surface area (Å²) in [6.07, 6.45) is 2.49. The number of aryl methyl sites for hydroxylation is 1. The van der Waals surface area contributed by atoms with Crippen LogP contribution in [0.3, 0.4) is 0 Å². The molecule has 0 spiro atoms. The van der Waals surface area contributed by atoms with E-state index in [0.29, 0.717) is 33.4 Å². The summed E-state index contributed by atoms with van der Waals surface area (Å²) in [5.74, 6) is -5.93. The van der Waals surface area contributed by atoms with Crippen molar-refractivity contribution in [1.82, 2.24) is 0 Å². The Labute approximate surface area is 288 Å². The number of phenols is 2. The molecule has 50 heavy (non-hydrogen) atoms. The summed E-state index contributed by atoms with van der Waals surface area (Å²) < 4.78 is 22.1. The number of aromatic hydroxyl groups is 2. The van der Waals surface area contributed by atoms with Crippen molar-refractivity contribution in [1.29, 1.82) is 0 Å². The maximum atomic E-state index is 13.4. The molecule has 4 rings (SSSR count). The van der Waals surface area contributed by atoms with Gasteiger partial charge in [0, 0.05) is 17.7 Å². The van der Waals surface area contributed by atoms with Gasteiger partial charge in [0.15, 0.2) is 5.78 Å². The monoisotopic (exact) mass is 686 g/mol.